The molecular weight excluding hydrogens is 256 g/mol. The molecule has 5 heteroatoms. The first kappa shape index (κ1) is 16.3. The first-order valence-corrected chi connectivity index (χ1v) is 6.91. The van der Waals surface area contributed by atoms with Crippen LogP contribution in [-0.4, -0.2) is 42.8 Å². The molecule has 112 valence electrons. The molecule has 1 unspecified atom stereocenters. The average Bonchev–Trinajstić information content (AvgIpc) is 2.43. The first-order valence-electron chi connectivity index (χ1n) is 6.91. The first-order chi connectivity index (χ1) is 9.58. The average molecular weight is 280 g/mol. The smallest absolute Gasteiger partial charge is 0.317 e. The lowest BCUT2D eigenvalue weighted by Gasteiger charge is -2.24. The Kier molecular flexibility index (Phi) is 6.87. The zero-order valence-corrected chi connectivity index (χ0v) is 12.4. The Hall–Kier alpha value is -1.75. The molecule has 0 spiro atoms. The minimum absolute atomic E-state index is 0.0931. The number of hydrogen-bond acceptors (Lipinski definition) is 3. The van der Waals surface area contributed by atoms with Crippen molar-refractivity contribution in [3.05, 3.63) is 29.8 Å². The van der Waals surface area contributed by atoms with E-state index in [1.807, 2.05) is 13.8 Å². The molecule has 0 bridgehead atoms. The van der Waals surface area contributed by atoms with Crippen LogP contribution in [0.4, 0.5) is 4.79 Å². The van der Waals surface area contributed by atoms with E-state index in [9.17, 15) is 9.90 Å². The largest absolute Gasteiger partial charge is 0.508 e. The van der Waals surface area contributed by atoms with Gasteiger partial charge in [-0.3, -0.25) is 0 Å². The Balaban J connectivity index is 2.59. The summed E-state index contributed by atoms with van der Waals surface area (Å²) in [5.41, 5.74) is 0.958. The van der Waals surface area contributed by atoms with Gasteiger partial charge in [-0.25, -0.2) is 4.79 Å². The number of carbonyl (C=O) groups is 1. The fourth-order valence-corrected chi connectivity index (χ4v) is 1.91. The van der Waals surface area contributed by atoms with Crippen LogP contribution in [0.5, 0.6) is 5.75 Å². The number of nitrogens with zero attached hydrogens (tertiary/aromatic N) is 1. The SMILES string of the molecule is CCCN(CCOC)C(=O)NC(C)c1ccc(O)cc1. The highest BCUT2D eigenvalue weighted by Crippen LogP contribution is 2.16. The molecule has 0 aromatic heterocycles. The van der Waals surface area contributed by atoms with Crippen molar-refractivity contribution in [2.45, 2.75) is 26.3 Å². The lowest BCUT2D eigenvalue weighted by atomic mass is 10.1. The summed E-state index contributed by atoms with van der Waals surface area (Å²) in [7, 11) is 1.63. The van der Waals surface area contributed by atoms with E-state index in [2.05, 4.69) is 5.32 Å². The third-order valence-electron chi connectivity index (χ3n) is 3.08. The van der Waals surface area contributed by atoms with Gasteiger partial charge in [0.15, 0.2) is 0 Å². The van der Waals surface area contributed by atoms with Crippen LogP contribution in [0.1, 0.15) is 31.9 Å². The molecule has 2 N–H and O–H groups in total. The van der Waals surface area contributed by atoms with Gasteiger partial charge < -0.3 is 20.1 Å². The van der Waals surface area contributed by atoms with Crippen LogP contribution < -0.4 is 5.32 Å². The highest BCUT2D eigenvalue weighted by atomic mass is 16.5. The summed E-state index contributed by atoms with van der Waals surface area (Å²) in [4.78, 5) is 13.9. The number of methoxy groups -OCH3 is 1. The summed E-state index contributed by atoms with van der Waals surface area (Å²) in [5.74, 6) is 0.222. The van der Waals surface area contributed by atoms with Crippen molar-refractivity contribution in [3.63, 3.8) is 0 Å². The maximum atomic E-state index is 12.2. The van der Waals surface area contributed by atoms with Crippen molar-refractivity contribution in [3.8, 4) is 5.75 Å². The van der Waals surface area contributed by atoms with Crippen LogP contribution in [0.2, 0.25) is 0 Å². The molecule has 0 aliphatic carbocycles. The highest BCUT2D eigenvalue weighted by Gasteiger charge is 2.15. The van der Waals surface area contributed by atoms with Crippen LogP contribution in [0.15, 0.2) is 24.3 Å². The molecule has 0 saturated heterocycles. The number of carbonyl (C=O) groups excluding carboxylic acids is 1. The van der Waals surface area contributed by atoms with Crippen LogP contribution in [0.25, 0.3) is 0 Å². The van der Waals surface area contributed by atoms with Crippen molar-refractivity contribution < 1.29 is 14.6 Å². The minimum Gasteiger partial charge on any atom is -0.508 e. The van der Waals surface area contributed by atoms with Gasteiger partial charge in [-0.05, 0) is 31.0 Å². The summed E-state index contributed by atoms with van der Waals surface area (Å²) < 4.78 is 5.02. The van der Waals surface area contributed by atoms with E-state index < -0.39 is 0 Å². The fourth-order valence-electron chi connectivity index (χ4n) is 1.91. The van der Waals surface area contributed by atoms with Crippen LogP contribution >= 0.6 is 0 Å². The minimum atomic E-state index is -0.106. The second-order valence-corrected chi connectivity index (χ2v) is 4.74. The number of nitrogens with one attached hydrogen (secondary N) is 1. The predicted molar refractivity (Wildman–Crippen MR) is 78.8 cm³/mol. The second kappa shape index (κ2) is 8.43. The van der Waals surface area contributed by atoms with E-state index in [4.69, 9.17) is 4.74 Å². The fraction of sp³-hybridized carbons (Fsp3) is 0.533. The topological polar surface area (TPSA) is 61.8 Å². The molecule has 1 atom stereocenters. The number of urea groups is 1. The zero-order valence-electron chi connectivity index (χ0n) is 12.4. The number of ether oxygens (including phenoxy) is 1. The summed E-state index contributed by atoms with van der Waals surface area (Å²) in [6, 6.07) is 6.65. The van der Waals surface area contributed by atoms with Crippen LogP contribution in [0.3, 0.4) is 0 Å². The third kappa shape index (κ3) is 5.09. The lowest BCUT2D eigenvalue weighted by Crippen LogP contribution is -2.43. The van der Waals surface area contributed by atoms with E-state index in [1.165, 1.54) is 0 Å². The Morgan fingerprint density at radius 1 is 1.35 bits per heavy atom. The highest BCUT2D eigenvalue weighted by molar-refractivity contribution is 5.74. The van der Waals surface area contributed by atoms with Gasteiger partial charge in [-0.2, -0.15) is 0 Å². The predicted octanol–water partition coefficient (Wildman–Crippen LogP) is 2.52. The molecule has 20 heavy (non-hydrogen) atoms. The number of phenols is 1. The third-order valence-corrected chi connectivity index (χ3v) is 3.08. The maximum absolute atomic E-state index is 12.2. The Morgan fingerprint density at radius 3 is 2.55 bits per heavy atom. The molecule has 0 fully saturated rings. The van der Waals surface area contributed by atoms with Crippen LogP contribution in [0, 0.1) is 0 Å². The number of amides is 2. The maximum Gasteiger partial charge on any atom is 0.317 e. The van der Waals surface area contributed by atoms with Gasteiger partial charge in [0.2, 0.25) is 0 Å². The van der Waals surface area contributed by atoms with Crippen molar-refractivity contribution in [2.24, 2.45) is 0 Å². The van der Waals surface area contributed by atoms with E-state index in [0.717, 1.165) is 12.0 Å². The number of rotatable bonds is 7. The quantitative estimate of drug-likeness (QED) is 0.806. The van der Waals surface area contributed by atoms with Gasteiger partial charge in [0, 0.05) is 20.2 Å². The van der Waals surface area contributed by atoms with E-state index in [-0.39, 0.29) is 17.8 Å². The summed E-state index contributed by atoms with van der Waals surface area (Å²) in [5, 5.41) is 12.2. The van der Waals surface area contributed by atoms with Gasteiger partial charge in [0.25, 0.3) is 0 Å². The van der Waals surface area contributed by atoms with Crippen molar-refractivity contribution >= 4 is 6.03 Å². The van der Waals surface area contributed by atoms with Gasteiger partial charge in [-0.15, -0.1) is 0 Å². The summed E-state index contributed by atoms with van der Waals surface area (Å²) in [6.07, 6.45) is 0.907. The summed E-state index contributed by atoms with van der Waals surface area (Å²) >= 11 is 0. The van der Waals surface area contributed by atoms with Gasteiger partial charge in [0.05, 0.1) is 12.6 Å². The lowest BCUT2D eigenvalue weighted by molar-refractivity contribution is 0.148. The number of aromatic hydroxyl groups is 1. The molecule has 2 amide bonds. The van der Waals surface area contributed by atoms with Crippen molar-refractivity contribution in [1.82, 2.24) is 10.2 Å². The normalized spacial score (nSPS) is 11.9. The monoisotopic (exact) mass is 280 g/mol. The molecule has 0 radical (unpaired) electrons. The van der Waals surface area contributed by atoms with E-state index in [0.29, 0.717) is 19.7 Å². The molecule has 1 aromatic carbocycles. The van der Waals surface area contributed by atoms with Gasteiger partial charge >= 0.3 is 6.03 Å². The molecular formula is C15H24N2O3. The van der Waals surface area contributed by atoms with Crippen molar-refractivity contribution in [1.29, 1.82) is 0 Å². The Bertz CT molecular complexity index is 406. The zero-order chi connectivity index (χ0) is 15.0. The number of hydrogen-bond donors (Lipinski definition) is 2. The Morgan fingerprint density at radius 2 is 2.00 bits per heavy atom. The van der Waals surface area contributed by atoms with E-state index >= 15 is 0 Å². The van der Waals surface area contributed by atoms with Gasteiger partial charge in [-0.1, -0.05) is 19.1 Å². The molecule has 1 rings (SSSR count). The molecule has 0 aliphatic rings. The molecule has 5 nitrogen and oxygen atoms in total. The molecule has 0 aliphatic heterocycles. The van der Waals surface area contributed by atoms with E-state index in [1.54, 1.807) is 36.3 Å². The molecule has 0 saturated carbocycles. The second-order valence-electron chi connectivity index (χ2n) is 4.74. The standard InChI is InChI=1S/C15H24N2O3/c1-4-9-17(10-11-20-3)15(19)16-12(2)13-5-7-14(18)8-6-13/h5-8,12,18H,4,9-11H2,1-3H3,(H,16,19). The van der Waals surface area contributed by atoms with Gasteiger partial charge in [0.1, 0.15) is 5.75 Å². The number of benzene rings is 1. The van der Waals surface area contributed by atoms with Crippen LogP contribution in [-0.2, 0) is 4.74 Å². The molecule has 0 heterocycles. The Labute approximate surface area is 120 Å². The van der Waals surface area contributed by atoms with Crippen molar-refractivity contribution in [2.75, 3.05) is 26.8 Å². The summed E-state index contributed by atoms with van der Waals surface area (Å²) in [6.45, 7) is 5.78. The number of phenolic OH excluding ortho intramolecular Hbond substituents is 1. The molecule has 1 aromatic rings.